The van der Waals surface area contributed by atoms with Gasteiger partial charge in [0.15, 0.2) is 0 Å². The number of aryl methyl sites for hydroxylation is 3. The SMILES string of the molecule is Cc1ccc(C)c(Nc2nc(C)cc(Nc3ccc(F)cc3F)n2)c1. The standard InChI is InChI=1S/C19H18F2N4/c1-11-4-5-12(2)17(8-11)24-19-22-13(3)9-18(25-19)23-16-7-6-14(20)10-15(16)21/h4-10H,1-3H3,(H2,22,23,24,25). The molecule has 0 saturated carbocycles. The highest BCUT2D eigenvalue weighted by Gasteiger charge is 2.08. The van der Waals surface area contributed by atoms with Gasteiger partial charge in [-0.15, -0.1) is 0 Å². The van der Waals surface area contributed by atoms with Gasteiger partial charge < -0.3 is 10.6 Å². The minimum absolute atomic E-state index is 0.150. The summed E-state index contributed by atoms with van der Waals surface area (Å²) in [6.45, 7) is 5.82. The van der Waals surface area contributed by atoms with E-state index in [4.69, 9.17) is 0 Å². The van der Waals surface area contributed by atoms with Gasteiger partial charge in [0.1, 0.15) is 17.5 Å². The molecule has 4 nitrogen and oxygen atoms in total. The molecule has 0 saturated heterocycles. The fraction of sp³-hybridized carbons (Fsp3) is 0.158. The fourth-order valence-corrected chi connectivity index (χ4v) is 2.41. The van der Waals surface area contributed by atoms with Crippen molar-refractivity contribution in [1.82, 2.24) is 9.97 Å². The number of aromatic nitrogens is 2. The van der Waals surface area contributed by atoms with Crippen LogP contribution in [-0.2, 0) is 0 Å². The Morgan fingerprint density at radius 3 is 2.36 bits per heavy atom. The molecule has 0 atom stereocenters. The lowest BCUT2D eigenvalue weighted by molar-refractivity contribution is 0.586. The van der Waals surface area contributed by atoms with E-state index in [1.165, 1.54) is 12.1 Å². The molecule has 0 bridgehead atoms. The second kappa shape index (κ2) is 6.84. The monoisotopic (exact) mass is 340 g/mol. The van der Waals surface area contributed by atoms with Crippen LogP contribution in [0.25, 0.3) is 0 Å². The highest BCUT2D eigenvalue weighted by molar-refractivity contribution is 5.62. The van der Waals surface area contributed by atoms with Gasteiger partial charge in [-0.1, -0.05) is 12.1 Å². The number of nitrogens with one attached hydrogen (secondary N) is 2. The molecule has 1 aromatic heterocycles. The number of nitrogens with zero attached hydrogens (tertiary/aromatic N) is 2. The molecule has 25 heavy (non-hydrogen) atoms. The van der Waals surface area contributed by atoms with Gasteiger partial charge in [-0.05, 0) is 50.1 Å². The molecule has 0 aliphatic carbocycles. The molecule has 2 aromatic carbocycles. The Kier molecular flexibility index (Phi) is 4.61. The minimum atomic E-state index is -0.680. The summed E-state index contributed by atoms with van der Waals surface area (Å²) in [5.41, 5.74) is 3.96. The van der Waals surface area contributed by atoms with E-state index in [-0.39, 0.29) is 5.69 Å². The highest BCUT2D eigenvalue weighted by Crippen LogP contribution is 2.23. The molecular formula is C19H18F2N4. The quantitative estimate of drug-likeness (QED) is 0.688. The molecule has 128 valence electrons. The molecule has 6 heteroatoms. The van der Waals surface area contributed by atoms with E-state index in [9.17, 15) is 8.78 Å². The summed E-state index contributed by atoms with van der Waals surface area (Å²) < 4.78 is 26.8. The molecule has 0 amide bonds. The van der Waals surface area contributed by atoms with Gasteiger partial charge in [-0.25, -0.2) is 13.8 Å². The predicted molar refractivity (Wildman–Crippen MR) is 95.6 cm³/mol. The van der Waals surface area contributed by atoms with Crippen LogP contribution in [0.2, 0.25) is 0 Å². The Balaban J connectivity index is 1.89. The third-order valence-electron chi connectivity index (χ3n) is 3.69. The Morgan fingerprint density at radius 1 is 0.800 bits per heavy atom. The van der Waals surface area contributed by atoms with E-state index >= 15 is 0 Å². The maximum atomic E-state index is 13.8. The van der Waals surface area contributed by atoms with Crippen molar-refractivity contribution in [2.45, 2.75) is 20.8 Å². The van der Waals surface area contributed by atoms with Crippen molar-refractivity contribution in [3.05, 3.63) is 70.9 Å². The molecule has 0 radical (unpaired) electrons. The van der Waals surface area contributed by atoms with Gasteiger partial charge in [0.05, 0.1) is 5.69 Å². The third kappa shape index (κ3) is 4.09. The maximum absolute atomic E-state index is 13.8. The average molecular weight is 340 g/mol. The molecule has 0 unspecified atom stereocenters. The molecule has 0 aliphatic heterocycles. The first-order chi connectivity index (χ1) is 11.9. The number of anilines is 4. The second-order valence-corrected chi connectivity index (χ2v) is 5.91. The molecule has 1 heterocycles. The molecular weight excluding hydrogens is 322 g/mol. The van der Waals surface area contributed by atoms with Crippen LogP contribution in [0.4, 0.5) is 31.9 Å². The van der Waals surface area contributed by atoms with Gasteiger partial charge in [0, 0.05) is 23.5 Å². The summed E-state index contributed by atoms with van der Waals surface area (Å²) in [5.74, 6) is -0.482. The van der Waals surface area contributed by atoms with Gasteiger partial charge >= 0.3 is 0 Å². The van der Waals surface area contributed by atoms with Crippen molar-refractivity contribution in [3.63, 3.8) is 0 Å². The summed E-state index contributed by atoms with van der Waals surface area (Å²) in [6, 6.07) is 11.1. The van der Waals surface area contributed by atoms with Crippen molar-refractivity contribution >= 4 is 23.1 Å². The molecule has 0 spiro atoms. The average Bonchev–Trinajstić information content (AvgIpc) is 2.53. The van der Waals surface area contributed by atoms with Gasteiger partial charge in [-0.3, -0.25) is 0 Å². The van der Waals surface area contributed by atoms with Crippen LogP contribution in [0, 0.1) is 32.4 Å². The van der Waals surface area contributed by atoms with Crippen molar-refractivity contribution in [2.24, 2.45) is 0 Å². The number of hydrogen-bond donors (Lipinski definition) is 2. The predicted octanol–water partition coefficient (Wildman–Crippen LogP) is 5.17. The van der Waals surface area contributed by atoms with E-state index in [2.05, 4.69) is 20.6 Å². The number of hydrogen-bond acceptors (Lipinski definition) is 4. The second-order valence-electron chi connectivity index (χ2n) is 5.91. The Labute approximate surface area is 145 Å². The zero-order valence-corrected chi connectivity index (χ0v) is 14.2. The fourth-order valence-electron chi connectivity index (χ4n) is 2.41. The zero-order chi connectivity index (χ0) is 18.0. The molecule has 0 aliphatic rings. The van der Waals surface area contributed by atoms with E-state index < -0.39 is 11.6 Å². The minimum Gasteiger partial charge on any atom is -0.338 e. The van der Waals surface area contributed by atoms with Crippen LogP contribution >= 0.6 is 0 Å². The van der Waals surface area contributed by atoms with Crippen LogP contribution < -0.4 is 10.6 Å². The molecule has 3 aromatic rings. The first-order valence-corrected chi connectivity index (χ1v) is 7.83. The largest absolute Gasteiger partial charge is 0.338 e. The van der Waals surface area contributed by atoms with Gasteiger partial charge in [0.2, 0.25) is 5.95 Å². The normalized spacial score (nSPS) is 10.6. The van der Waals surface area contributed by atoms with E-state index in [1.54, 1.807) is 6.07 Å². The maximum Gasteiger partial charge on any atom is 0.229 e. The van der Waals surface area contributed by atoms with Crippen LogP contribution in [0.5, 0.6) is 0 Å². The molecule has 3 rings (SSSR count). The summed E-state index contributed by atoms with van der Waals surface area (Å²) >= 11 is 0. The highest BCUT2D eigenvalue weighted by atomic mass is 19.1. The van der Waals surface area contributed by atoms with Gasteiger partial charge in [-0.2, -0.15) is 4.98 Å². The first-order valence-electron chi connectivity index (χ1n) is 7.83. The van der Waals surface area contributed by atoms with E-state index in [0.717, 1.165) is 22.9 Å². The number of halogens is 2. The first kappa shape index (κ1) is 16.8. The zero-order valence-electron chi connectivity index (χ0n) is 14.2. The van der Waals surface area contributed by atoms with Crippen molar-refractivity contribution in [1.29, 1.82) is 0 Å². The topological polar surface area (TPSA) is 49.8 Å². The number of benzene rings is 2. The van der Waals surface area contributed by atoms with Crippen LogP contribution in [-0.4, -0.2) is 9.97 Å². The lowest BCUT2D eigenvalue weighted by Gasteiger charge is -2.12. The molecule has 2 N–H and O–H groups in total. The van der Waals surface area contributed by atoms with Crippen LogP contribution in [0.3, 0.4) is 0 Å². The van der Waals surface area contributed by atoms with Crippen LogP contribution in [0.15, 0.2) is 42.5 Å². The smallest absolute Gasteiger partial charge is 0.229 e. The van der Waals surface area contributed by atoms with E-state index in [0.29, 0.717) is 17.5 Å². The Morgan fingerprint density at radius 2 is 1.60 bits per heavy atom. The summed E-state index contributed by atoms with van der Waals surface area (Å²) in [5, 5.41) is 6.05. The summed E-state index contributed by atoms with van der Waals surface area (Å²) in [6.07, 6.45) is 0. The number of rotatable bonds is 4. The van der Waals surface area contributed by atoms with Crippen molar-refractivity contribution in [3.8, 4) is 0 Å². The van der Waals surface area contributed by atoms with E-state index in [1.807, 2.05) is 39.0 Å². The van der Waals surface area contributed by atoms with Gasteiger partial charge in [0.25, 0.3) is 0 Å². The summed E-state index contributed by atoms with van der Waals surface area (Å²) in [4.78, 5) is 8.73. The van der Waals surface area contributed by atoms with Crippen LogP contribution in [0.1, 0.15) is 16.8 Å². The lowest BCUT2D eigenvalue weighted by Crippen LogP contribution is -2.04. The summed E-state index contributed by atoms with van der Waals surface area (Å²) in [7, 11) is 0. The molecule has 0 fully saturated rings. The lowest BCUT2D eigenvalue weighted by atomic mass is 10.1. The Bertz CT molecular complexity index is 925. The van der Waals surface area contributed by atoms with Crippen molar-refractivity contribution < 1.29 is 8.78 Å². The van der Waals surface area contributed by atoms with Crippen molar-refractivity contribution in [2.75, 3.05) is 10.6 Å². The Hall–Kier alpha value is -3.02. The third-order valence-corrected chi connectivity index (χ3v) is 3.69.